The van der Waals surface area contributed by atoms with E-state index in [2.05, 4.69) is 24.1 Å². The van der Waals surface area contributed by atoms with Crippen LogP contribution in [0.15, 0.2) is 0 Å². The first-order chi connectivity index (χ1) is 9.74. The summed E-state index contributed by atoms with van der Waals surface area (Å²) in [4.78, 5) is 2.92. The minimum atomic E-state index is 0.784. The van der Waals surface area contributed by atoms with Gasteiger partial charge >= 0.3 is 0 Å². The maximum atomic E-state index is 3.76. The summed E-state index contributed by atoms with van der Waals surface area (Å²) in [7, 11) is 0. The average molecular weight is 278 g/mol. The van der Waals surface area contributed by atoms with Crippen LogP contribution in [0.2, 0.25) is 0 Å². The first kappa shape index (κ1) is 14.8. The van der Waals surface area contributed by atoms with E-state index < -0.39 is 0 Å². The summed E-state index contributed by atoms with van der Waals surface area (Å²) in [6.45, 7) is 7.41. The topological polar surface area (TPSA) is 15.3 Å². The molecule has 2 aliphatic carbocycles. The Morgan fingerprint density at radius 2 is 1.55 bits per heavy atom. The molecule has 1 aliphatic heterocycles. The summed E-state index contributed by atoms with van der Waals surface area (Å²) in [5.41, 5.74) is 0. The predicted octanol–water partition coefficient (Wildman–Crippen LogP) is 3.81. The molecule has 2 nitrogen and oxygen atoms in total. The molecule has 0 aromatic heterocycles. The zero-order valence-corrected chi connectivity index (χ0v) is 13.6. The molecule has 1 N–H and O–H groups in total. The highest BCUT2D eigenvalue weighted by atomic mass is 15.2. The number of piperidine rings is 1. The van der Waals surface area contributed by atoms with Crippen molar-refractivity contribution in [3.63, 3.8) is 0 Å². The van der Waals surface area contributed by atoms with Crippen molar-refractivity contribution in [2.24, 2.45) is 11.8 Å². The lowest BCUT2D eigenvalue weighted by molar-refractivity contribution is 0.101. The number of hydrogen-bond acceptors (Lipinski definition) is 2. The van der Waals surface area contributed by atoms with Crippen LogP contribution in [0.25, 0.3) is 0 Å². The molecular formula is C18H34N2. The second kappa shape index (κ2) is 6.79. The predicted molar refractivity (Wildman–Crippen MR) is 86.0 cm³/mol. The molecule has 0 aromatic carbocycles. The van der Waals surface area contributed by atoms with Crippen molar-refractivity contribution in [2.75, 3.05) is 13.1 Å². The molecule has 0 radical (unpaired) electrons. The molecule has 3 aliphatic rings. The van der Waals surface area contributed by atoms with Crippen LogP contribution in [0.4, 0.5) is 0 Å². The van der Waals surface area contributed by atoms with Crippen LogP contribution < -0.4 is 5.32 Å². The maximum absolute atomic E-state index is 3.76. The molecule has 1 unspecified atom stereocenters. The number of hydrogen-bond donors (Lipinski definition) is 1. The van der Waals surface area contributed by atoms with Gasteiger partial charge in [-0.3, -0.25) is 4.90 Å². The molecule has 1 saturated heterocycles. The SMILES string of the molecule is CC(C)C1CCC(N(CC2CCCCN2)C2CC2)CC1. The van der Waals surface area contributed by atoms with Crippen LogP contribution in [0.3, 0.4) is 0 Å². The minimum absolute atomic E-state index is 0.784. The molecular weight excluding hydrogens is 244 g/mol. The lowest BCUT2D eigenvalue weighted by Gasteiger charge is -2.40. The van der Waals surface area contributed by atoms with E-state index in [4.69, 9.17) is 0 Å². The lowest BCUT2D eigenvalue weighted by Crippen LogP contribution is -2.49. The highest BCUT2D eigenvalue weighted by Crippen LogP contribution is 2.37. The normalized spacial score (nSPS) is 35.7. The zero-order chi connectivity index (χ0) is 13.9. The van der Waals surface area contributed by atoms with Crippen LogP contribution in [0.5, 0.6) is 0 Å². The summed E-state index contributed by atoms with van der Waals surface area (Å²) < 4.78 is 0. The molecule has 2 saturated carbocycles. The quantitative estimate of drug-likeness (QED) is 0.822. The molecule has 3 rings (SSSR count). The van der Waals surface area contributed by atoms with Gasteiger partial charge in [0.2, 0.25) is 0 Å². The van der Waals surface area contributed by atoms with Crippen molar-refractivity contribution in [1.82, 2.24) is 10.2 Å². The fourth-order valence-electron chi connectivity index (χ4n) is 4.44. The molecule has 1 heterocycles. The van der Waals surface area contributed by atoms with Gasteiger partial charge in [0.1, 0.15) is 0 Å². The Hall–Kier alpha value is -0.0800. The maximum Gasteiger partial charge on any atom is 0.0195 e. The van der Waals surface area contributed by atoms with Crippen molar-refractivity contribution in [1.29, 1.82) is 0 Å². The van der Waals surface area contributed by atoms with Gasteiger partial charge in [-0.1, -0.05) is 20.3 Å². The Kier molecular flexibility index (Phi) is 5.04. The van der Waals surface area contributed by atoms with Crippen LogP contribution in [-0.2, 0) is 0 Å². The summed E-state index contributed by atoms with van der Waals surface area (Å²) in [6, 6.07) is 2.63. The number of nitrogens with zero attached hydrogens (tertiary/aromatic N) is 1. The van der Waals surface area contributed by atoms with Gasteiger partial charge in [0, 0.05) is 24.7 Å². The molecule has 3 fully saturated rings. The van der Waals surface area contributed by atoms with Crippen molar-refractivity contribution in [2.45, 2.75) is 89.8 Å². The molecule has 0 bridgehead atoms. The molecule has 116 valence electrons. The summed E-state index contributed by atoms with van der Waals surface area (Å²) in [6.07, 6.45) is 13.1. The van der Waals surface area contributed by atoms with Crippen molar-refractivity contribution < 1.29 is 0 Å². The van der Waals surface area contributed by atoms with Gasteiger partial charge in [-0.05, 0) is 69.7 Å². The first-order valence-electron chi connectivity index (χ1n) is 9.23. The number of nitrogens with one attached hydrogen (secondary N) is 1. The second-order valence-electron chi connectivity index (χ2n) is 7.89. The fourth-order valence-corrected chi connectivity index (χ4v) is 4.44. The van der Waals surface area contributed by atoms with E-state index in [0.29, 0.717) is 0 Å². The standard InChI is InChI=1S/C18H34N2/c1-14(2)15-6-8-17(9-7-15)20(18-10-11-18)13-16-5-3-4-12-19-16/h14-19H,3-13H2,1-2H3. The van der Waals surface area contributed by atoms with Gasteiger partial charge in [-0.15, -0.1) is 0 Å². The summed E-state index contributed by atoms with van der Waals surface area (Å²) in [5, 5.41) is 3.76. The first-order valence-corrected chi connectivity index (χ1v) is 9.23. The molecule has 0 amide bonds. The van der Waals surface area contributed by atoms with Gasteiger partial charge in [-0.25, -0.2) is 0 Å². The highest BCUT2D eigenvalue weighted by molar-refractivity contribution is 4.93. The van der Waals surface area contributed by atoms with Gasteiger partial charge in [0.25, 0.3) is 0 Å². The van der Waals surface area contributed by atoms with E-state index in [1.807, 2.05) is 0 Å². The zero-order valence-electron chi connectivity index (χ0n) is 13.6. The highest BCUT2D eigenvalue weighted by Gasteiger charge is 2.37. The Balaban J connectivity index is 1.52. The second-order valence-corrected chi connectivity index (χ2v) is 7.89. The summed E-state index contributed by atoms with van der Waals surface area (Å²) >= 11 is 0. The third kappa shape index (κ3) is 3.76. The Labute approximate surface area is 125 Å². The van der Waals surface area contributed by atoms with Gasteiger partial charge < -0.3 is 5.32 Å². The molecule has 1 atom stereocenters. The van der Waals surface area contributed by atoms with Crippen LogP contribution >= 0.6 is 0 Å². The van der Waals surface area contributed by atoms with Gasteiger partial charge in [0.15, 0.2) is 0 Å². The van der Waals surface area contributed by atoms with Crippen LogP contribution in [-0.4, -0.2) is 36.1 Å². The van der Waals surface area contributed by atoms with Crippen LogP contribution in [0, 0.1) is 11.8 Å². The van der Waals surface area contributed by atoms with E-state index in [-0.39, 0.29) is 0 Å². The Morgan fingerprint density at radius 3 is 2.05 bits per heavy atom. The third-order valence-corrected chi connectivity index (χ3v) is 6.01. The van der Waals surface area contributed by atoms with E-state index in [0.717, 1.165) is 30.0 Å². The number of rotatable bonds is 5. The fraction of sp³-hybridized carbons (Fsp3) is 1.00. The lowest BCUT2D eigenvalue weighted by atomic mass is 9.79. The van der Waals surface area contributed by atoms with Crippen molar-refractivity contribution in [3.8, 4) is 0 Å². The Bertz CT molecular complexity index is 284. The molecule has 0 spiro atoms. The smallest absolute Gasteiger partial charge is 0.0195 e. The molecule has 0 aromatic rings. The average Bonchev–Trinajstić information content (AvgIpc) is 3.30. The van der Waals surface area contributed by atoms with Crippen molar-refractivity contribution >= 4 is 0 Å². The minimum Gasteiger partial charge on any atom is -0.313 e. The van der Waals surface area contributed by atoms with E-state index in [9.17, 15) is 0 Å². The molecule has 2 heteroatoms. The van der Waals surface area contributed by atoms with Gasteiger partial charge in [0.05, 0.1) is 0 Å². The Morgan fingerprint density at radius 1 is 0.900 bits per heavy atom. The van der Waals surface area contributed by atoms with E-state index in [1.54, 1.807) is 0 Å². The monoisotopic (exact) mass is 278 g/mol. The van der Waals surface area contributed by atoms with E-state index >= 15 is 0 Å². The summed E-state index contributed by atoms with van der Waals surface area (Å²) in [5.74, 6) is 1.89. The van der Waals surface area contributed by atoms with E-state index in [1.165, 1.54) is 70.9 Å². The van der Waals surface area contributed by atoms with Crippen LogP contribution in [0.1, 0.15) is 71.6 Å². The van der Waals surface area contributed by atoms with Crippen molar-refractivity contribution in [3.05, 3.63) is 0 Å². The van der Waals surface area contributed by atoms with Gasteiger partial charge in [-0.2, -0.15) is 0 Å². The molecule has 20 heavy (non-hydrogen) atoms. The largest absolute Gasteiger partial charge is 0.313 e. The third-order valence-electron chi connectivity index (χ3n) is 6.01.